The van der Waals surface area contributed by atoms with Crippen molar-refractivity contribution in [2.24, 2.45) is 5.73 Å². The number of nitrogens with one attached hydrogen (secondary N) is 1. The molecule has 15 nitrogen and oxygen atoms in total. The average Bonchev–Trinajstić information content (AvgIpc) is 3.46. The monoisotopic (exact) mass is 549 g/mol. The summed E-state index contributed by atoms with van der Waals surface area (Å²) in [6.07, 6.45) is -0.984. The van der Waals surface area contributed by atoms with Crippen molar-refractivity contribution in [2.75, 3.05) is 11.9 Å². The van der Waals surface area contributed by atoms with E-state index in [9.17, 15) is 29.3 Å². The van der Waals surface area contributed by atoms with Gasteiger partial charge in [-0.3, -0.25) is 18.6 Å². The number of benzene rings is 1. The third-order valence-electron chi connectivity index (χ3n) is 5.46. The molecule has 4 rings (SSSR count). The molecule has 1 aromatic carbocycles. The smallest absolute Gasteiger partial charge is 0.387 e. The van der Waals surface area contributed by atoms with Crippen LogP contribution in [0.2, 0.25) is 0 Å². The van der Waals surface area contributed by atoms with Crippen LogP contribution in [0.25, 0.3) is 0 Å². The van der Waals surface area contributed by atoms with Crippen molar-refractivity contribution >= 4 is 25.3 Å². The number of pyridine rings is 1. The number of primary amides is 1. The number of hydrogen-bond donors (Lipinski definition) is 5. The number of nitrogens with zero attached hydrogens (tertiary/aromatic N) is 4. The molecule has 0 radical (unpaired) electrons. The lowest BCUT2D eigenvalue weighted by Gasteiger charge is -2.16. The van der Waals surface area contributed by atoms with Crippen LogP contribution in [-0.2, 0) is 36.3 Å². The van der Waals surface area contributed by atoms with Crippen molar-refractivity contribution in [3.05, 3.63) is 72.3 Å². The molecule has 3 heterocycles. The van der Waals surface area contributed by atoms with Crippen LogP contribution in [0.15, 0.2) is 61.1 Å². The summed E-state index contributed by atoms with van der Waals surface area (Å²) in [5.74, 6) is -1.04. The van der Waals surface area contributed by atoms with Crippen molar-refractivity contribution in [3.63, 3.8) is 0 Å². The highest BCUT2D eigenvalue weighted by atomic mass is 31.2. The van der Waals surface area contributed by atoms with E-state index in [4.69, 9.17) is 19.5 Å². The Balaban J connectivity index is 1.26. The maximum atomic E-state index is 12.3. The lowest BCUT2D eigenvalue weighted by molar-refractivity contribution is -0.765. The van der Waals surface area contributed by atoms with E-state index in [1.165, 1.54) is 40.0 Å². The summed E-state index contributed by atoms with van der Waals surface area (Å²) < 4.78 is 30.3. The maximum absolute atomic E-state index is 12.3. The predicted molar refractivity (Wildman–Crippen MR) is 127 cm³/mol. The number of anilines is 1. The molecule has 1 aliphatic rings. The van der Waals surface area contributed by atoms with Crippen molar-refractivity contribution in [3.8, 4) is 0 Å². The minimum Gasteiger partial charge on any atom is -0.387 e. The Morgan fingerprint density at radius 2 is 1.92 bits per heavy atom. The molecule has 202 valence electrons. The molecule has 3 aromatic rings. The molecule has 5 atom stereocenters. The molecule has 2 aromatic heterocycles. The number of phosphoric acid groups is 1. The highest BCUT2D eigenvalue weighted by Gasteiger charge is 2.49. The fourth-order valence-electron chi connectivity index (χ4n) is 3.61. The third kappa shape index (κ3) is 7.05. The first-order valence-electron chi connectivity index (χ1n) is 11.3. The van der Waals surface area contributed by atoms with Gasteiger partial charge in [-0.15, -0.1) is 5.10 Å². The van der Waals surface area contributed by atoms with Gasteiger partial charge in [0.25, 0.3) is 12.1 Å². The SMILES string of the molecule is NC(=O)c1ccc[n+]([C@@H]2O[C@H](COP(=O)(O)OCc3cn(CC(=O)Nc4ccccc4)nn3)[C@@H](O)[C@H]2O)c1. The summed E-state index contributed by atoms with van der Waals surface area (Å²) in [6.45, 7) is -1.19. The van der Waals surface area contributed by atoms with Gasteiger partial charge in [0.2, 0.25) is 5.91 Å². The molecule has 1 aliphatic heterocycles. The number of nitrogens with two attached hydrogens (primary N) is 1. The summed E-state index contributed by atoms with van der Waals surface area (Å²) in [5, 5.41) is 30.9. The first-order valence-corrected chi connectivity index (χ1v) is 12.8. The van der Waals surface area contributed by atoms with Crippen LogP contribution in [0.1, 0.15) is 22.3 Å². The highest BCUT2D eigenvalue weighted by Crippen LogP contribution is 2.44. The van der Waals surface area contributed by atoms with Crippen molar-refractivity contribution in [1.82, 2.24) is 15.0 Å². The number of amides is 2. The van der Waals surface area contributed by atoms with Gasteiger partial charge in [0.1, 0.15) is 36.6 Å². The zero-order valence-corrected chi connectivity index (χ0v) is 20.7. The molecule has 0 spiro atoms. The zero-order valence-electron chi connectivity index (χ0n) is 19.8. The second-order valence-electron chi connectivity index (χ2n) is 8.31. The zero-order chi connectivity index (χ0) is 27.3. The lowest BCUT2D eigenvalue weighted by atomic mass is 10.1. The van der Waals surface area contributed by atoms with E-state index in [1.807, 2.05) is 6.07 Å². The Morgan fingerprint density at radius 1 is 1.16 bits per heavy atom. The van der Waals surface area contributed by atoms with E-state index >= 15 is 0 Å². The van der Waals surface area contributed by atoms with Gasteiger partial charge >= 0.3 is 7.82 Å². The Morgan fingerprint density at radius 3 is 2.66 bits per heavy atom. The fraction of sp³-hybridized carbons (Fsp3) is 0.318. The molecule has 1 fully saturated rings. The number of carbonyl (C=O) groups is 2. The van der Waals surface area contributed by atoms with Gasteiger partial charge in [0, 0.05) is 11.8 Å². The molecular formula is C22H26N6O9P+. The second-order valence-corrected chi connectivity index (χ2v) is 9.76. The van der Waals surface area contributed by atoms with Crippen LogP contribution < -0.4 is 15.6 Å². The number of aromatic nitrogens is 4. The van der Waals surface area contributed by atoms with Gasteiger partial charge in [-0.25, -0.2) is 9.25 Å². The number of para-hydroxylation sites is 1. The van der Waals surface area contributed by atoms with Gasteiger partial charge in [0.05, 0.1) is 12.8 Å². The largest absolute Gasteiger partial charge is 0.472 e. The number of rotatable bonds is 11. The second kappa shape index (κ2) is 11.9. The first-order chi connectivity index (χ1) is 18.1. The number of hydrogen-bond acceptors (Lipinski definition) is 10. The summed E-state index contributed by atoms with van der Waals surface area (Å²) in [7, 11) is -4.63. The Bertz CT molecular complexity index is 1320. The molecule has 1 saturated heterocycles. The van der Waals surface area contributed by atoms with E-state index in [1.54, 1.807) is 24.3 Å². The molecule has 0 aliphatic carbocycles. The predicted octanol–water partition coefficient (Wildman–Crippen LogP) is -0.744. The van der Waals surface area contributed by atoms with E-state index in [2.05, 4.69) is 15.6 Å². The molecule has 6 N–H and O–H groups in total. The minimum absolute atomic E-state index is 0.143. The van der Waals surface area contributed by atoms with Gasteiger partial charge in [-0.1, -0.05) is 23.4 Å². The van der Waals surface area contributed by atoms with Crippen molar-refractivity contribution < 1.29 is 47.6 Å². The lowest BCUT2D eigenvalue weighted by Crippen LogP contribution is -2.46. The number of carbonyl (C=O) groups excluding carboxylic acids is 2. The molecule has 1 unspecified atom stereocenters. The van der Waals surface area contributed by atoms with E-state index in [0.29, 0.717) is 5.69 Å². The summed E-state index contributed by atoms with van der Waals surface area (Å²) in [4.78, 5) is 33.5. The van der Waals surface area contributed by atoms with Gasteiger partial charge in [0.15, 0.2) is 18.5 Å². The topological polar surface area (TPSA) is 212 Å². The summed E-state index contributed by atoms with van der Waals surface area (Å²) >= 11 is 0. The molecular weight excluding hydrogens is 523 g/mol. The number of phosphoric ester groups is 1. The van der Waals surface area contributed by atoms with E-state index < -0.39 is 51.5 Å². The fourth-order valence-corrected chi connectivity index (χ4v) is 4.32. The van der Waals surface area contributed by atoms with Gasteiger partial charge < -0.3 is 30.9 Å². The summed E-state index contributed by atoms with van der Waals surface area (Å²) in [5.41, 5.74) is 6.19. The third-order valence-corrected chi connectivity index (χ3v) is 6.40. The highest BCUT2D eigenvalue weighted by molar-refractivity contribution is 7.47. The molecule has 16 heteroatoms. The maximum Gasteiger partial charge on any atom is 0.472 e. The van der Waals surface area contributed by atoms with Crippen molar-refractivity contribution in [1.29, 1.82) is 0 Å². The van der Waals surface area contributed by atoms with Crippen LogP contribution in [0, 0.1) is 0 Å². The van der Waals surface area contributed by atoms with Crippen LogP contribution in [0.5, 0.6) is 0 Å². The molecule has 0 saturated carbocycles. The van der Waals surface area contributed by atoms with Crippen LogP contribution in [0.4, 0.5) is 5.69 Å². The standard InChI is InChI=1S/C22H25N6O9P/c23-21(32)14-5-4-8-27(9-14)22-20(31)19(30)17(37-22)13-36-38(33,34)35-12-16-10-28(26-25-16)11-18(29)24-15-6-2-1-3-7-15/h1-10,17,19-20,22,30-31H,11-13H2,(H3-,23,24,29,32,33,34)/p+1/t17-,19-,20-,22-/m1/s1. The van der Waals surface area contributed by atoms with Crippen molar-refractivity contribution in [2.45, 2.75) is 37.7 Å². The Hall–Kier alpha value is -3.56. The van der Waals surface area contributed by atoms with Crippen LogP contribution in [0.3, 0.4) is 0 Å². The normalized spacial score (nSPS) is 22.6. The number of aliphatic hydroxyl groups excluding tert-OH is 2. The molecule has 2 amide bonds. The number of ether oxygens (including phenoxy) is 1. The molecule has 38 heavy (non-hydrogen) atoms. The average molecular weight is 549 g/mol. The van der Waals surface area contributed by atoms with Crippen LogP contribution in [-0.4, -0.2) is 66.8 Å². The number of aliphatic hydroxyl groups is 2. The van der Waals surface area contributed by atoms with Gasteiger partial charge in [-0.2, -0.15) is 4.57 Å². The first kappa shape index (κ1) is 27.5. The minimum atomic E-state index is -4.63. The van der Waals surface area contributed by atoms with E-state index in [-0.39, 0.29) is 23.7 Å². The Kier molecular flexibility index (Phi) is 8.58. The van der Waals surface area contributed by atoms with Crippen LogP contribution >= 0.6 is 7.82 Å². The van der Waals surface area contributed by atoms with E-state index in [0.717, 1.165) is 0 Å². The molecule has 0 bridgehead atoms. The Labute approximate surface area is 216 Å². The summed E-state index contributed by atoms with van der Waals surface area (Å²) in [6, 6.07) is 11.8. The quantitative estimate of drug-likeness (QED) is 0.148. The van der Waals surface area contributed by atoms with Gasteiger partial charge in [-0.05, 0) is 18.2 Å².